The number of amidine groups is 1. The average Bonchev–Trinajstić information content (AvgIpc) is 2.77. The van der Waals surface area contributed by atoms with E-state index in [1.165, 1.54) is 23.5 Å². The lowest BCUT2D eigenvalue weighted by atomic mass is 10.2. The molecule has 172 valence electrons. The highest BCUT2D eigenvalue weighted by Crippen LogP contribution is 2.32. The molecule has 0 radical (unpaired) electrons. The van der Waals surface area contributed by atoms with Gasteiger partial charge in [0.1, 0.15) is 10.6 Å². The number of benzene rings is 2. The van der Waals surface area contributed by atoms with Crippen molar-refractivity contribution in [2.24, 2.45) is 10.9 Å². The van der Waals surface area contributed by atoms with Crippen molar-refractivity contribution in [2.75, 3.05) is 20.2 Å². The third-order valence-electron chi connectivity index (χ3n) is 4.84. The van der Waals surface area contributed by atoms with Gasteiger partial charge in [0, 0.05) is 18.1 Å². The van der Waals surface area contributed by atoms with Gasteiger partial charge in [-0.3, -0.25) is 0 Å². The quantitative estimate of drug-likeness (QED) is 0.263. The number of oxime groups is 1. The number of ether oxygens (including phenoxy) is 1. The number of carbonyl (C=O) groups is 1. The standard InChI is InChI=1S/C20H20Cl3N3O5S/c1-30-17-6-5-12(21)9-14(17)19(24)25-31-20(27)13-10-18(16(23)11-15(13)22)32(28,29)26-7-3-2-4-8-26/h5-6,9-11H,2-4,7-8H2,1H3,(H2,24,25). The third kappa shape index (κ3) is 5.29. The van der Waals surface area contributed by atoms with Crippen molar-refractivity contribution in [1.29, 1.82) is 0 Å². The third-order valence-corrected chi connectivity index (χ3v) is 7.75. The van der Waals surface area contributed by atoms with Crippen LogP contribution in [0.4, 0.5) is 0 Å². The van der Waals surface area contributed by atoms with E-state index in [-0.39, 0.29) is 26.3 Å². The van der Waals surface area contributed by atoms with Crippen LogP contribution < -0.4 is 10.5 Å². The van der Waals surface area contributed by atoms with Crippen LogP contribution in [0.1, 0.15) is 35.2 Å². The summed E-state index contributed by atoms with van der Waals surface area (Å²) in [5, 5.41) is 3.81. The Hall–Kier alpha value is -2.04. The van der Waals surface area contributed by atoms with Crippen molar-refractivity contribution in [2.45, 2.75) is 24.2 Å². The molecule has 1 fully saturated rings. The Balaban J connectivity index is 1.90. The molecule has 1 heterocycles. The molecule has 12 heteroatoms. The number of methoxy groups -OCH3 is 1. The monoisotopic (exact) mass is 519 g/mol. The highest BCUT2D eigenvalue weighted by Gasteiger charge is 2.30. The summed E-state index contributed by atoms with van der Waals surface area (Å²) in [7, 11) is -2.48. The summed E-state index contributed by atoms with van der Waals surface area (Å²) < 4.78 is 32.6. The molecule has 3 rings (SSSR count). The Morgan fingerprint density at radius 1 is 1.03 bits per heavy atom. The van der Waals surface area contributed by atoms with Gasteiger partial charge in [0.05, 0.1) is 28.3 Å². The molecular formula is C20H20Cl3N3O5S. The number of piperidine rings is 1. The van der Waals surface area contributed by atoms with Crippen molar-refractivity contribution >= 4 is 56.6 Å². The van der Waals surface area contributed by atoms with Crippen molar-refractivity contribution < 1.29 is 22.8 Å². The second-order valence-corrected chi connectivity index (χ2v) is 10.1. The number of halogens is 3. The molecular weight excluding hydrogens is 501 g/mol. The zero-order valence-electron chi connectivity index (χ0n) is 17.0. The summed E-state index contributed by atoms with van der Waals surface area (Å²) in [6, 6.07) is 6.94. The Labute approximate surface area is 200 Å². The Bertz CT molecular complexity index is 1170. The smallest absolute Gasteiger partial charge is 0.367 e. The minimum atomic E-state index is -3.91. The van der Waals surface area contributed by atoms with Gasteiger partial charge < -0.3 is 15.3 Å². The molecule has 2 N–H and O–H groups in total. The Kier molecular flexibility index (Phi) is 7.89. The van der Waals surface area contributed by atoms with Crippen LogP contribution in [0, 0.1) is 0 Å². The number of nitrogens with zero attached hydrogens (tertiary/aromatic N) is 2. The zero-order valence-corrected chi connectivity index (χ0v) is 20.1. The van der Waals surface area contributed by atoms with Crippen LogP contribution in [0.2, 0.25) is 15.1 Å². The average molecular weight is 521 g/mol. The van der Waals surface area contributed by atoms with E-state index in [4.69, 9.17) is 50.1 Å². The van der Waals surface area contributed by atoms with Crippen LogP contribution in [-0.4, -0.2) is 44.7 Å². The van der Waals surface area contributed by atoms with Gasteiger partial charge in [-0.15, -0.1) is 0 Å². The molecule has 0 aliphatic carbocycles. The van der Waals surface area contributed by atoms with Crippen molar-refractivity contribution in [3.05, 3.63) is 56.5 Å². The molecule has 0 aromatic heterocycles. The van der Waals surface area contributed by atoms with Crippen LogP contribution >= 0.6 is 34.8 Å². The molecule has 1 saturated heterocycles. The number of nitrogens with two attached hydrogens (primary N) is 1. The number of rotatable bonds is 6. The Morgan fingerprint density at radius 3 is 2.38 bits per heavy atom. The molecule has 8 nitrogen and oxygen atoms in total. The van der Waals surface area contributed by atoms with Crippen LogP contribution in [0.3, 0.4) is 0 Å². The van der Waals surface area contributed by atoms with Crippen LogP contribution in [0.25, 0.3) is 0 Å². The lowest BCUT2D eigenvalue weighted by molar-refractivity contribution is 0.0516. The summed E-state index contributed by atoms with van der Waals surface area (Å²) in [5.74, 6) is -0.819. The summed E-state index contributed by atoms with van der Waals surface area (Å²) in [5.41, 5.74) is 5.99. The lowest BCUT2D eigenvalue weighted by Crippen LogP contribution is -2.35. The fraction of sp³-hybridized carbons (Fsp3) is 0.300. The van der Waals surface area contributed by atoms with Gasteiger partial charge in [0.2, 0.25) is 10.0 Å². The summed E-state index contributed by atoms with van der Waals surface area (Å²) >= 11 is 18.2. The first-order valence-corrected chi connectivity index (χ1v) is 12.1. The maximum absolute atomic E-state index is 13.0. The molecule has 1 aliphatic heterocycles. The van der Waals surface area contributed by atoms with E-state index in [0.717, 1.165) is 25.3 Å². The molecule has 0 spiro atoms. The fourth-order valence-electron chi connectivity index (χ4n) is 3.20. The molecule has 0 unspecified atom stereocenters. The second-order valence-electron chi connectivity index (χ2n) is 6.93. The minimum absolute atomic E-state index is 0.0910. The summed E-state index contributed by atoms with van der Waals surface area (Å²) in [4.78, 5) is 17.3. The largest absolute Gasteiger partial charge is 0.496 e. The van der Waals surface area contributed by atoms with Crippen molar-refractivity contribution in [3.63, 3.8) is 0 Å². The molecule has 32 heavy (non-hydrogen) atoms. The predicted molar refractivity (Wildman–Crippen MR) is 123 cm³/mol. The summed E-state index contributed by atoms with van der Waals surface area (Å²) in [6.07, 6.45) is 2.45. The number of sulfonamides is 1. The number of hydrogen-bond acceptors (Lipinski definition) is 6. The van der Waals surface area contributed by atoms with Crippen LogP contribution in [0.15, 0.2) is 40.4 Å². The SMILES string of the molecule is COc1ccc(Cl)cc1/C(N)=N/OC(=O)c1cc(S(=O)(=O)N2CCCCC2)c(Cl)cc1Cl. The van der Waals surface area contributed by atoms with E-state index in [1.54, 1.807) is 12.1 Å². The highest BCUT2D eigenvalue weighted by molar-refractivity contribution is 7.89. The van der Waals surface area contributed by atoms with Gasteiger partial charge in [0.25, 0.3) is 0 Å². The first kappa shape index (κ1) is 24.6. The first-order valence-electron chi connectivity index (χ1n) is 9.53. The lowest BCUT2D eigenvalue weighted by Gasteiger charge is -2.26. The molecule has 1 aliphatic rings. The molecule has 0 amide bonds. The van der Waals surface area contributed by atoms with E-state index < -0.39 is 16.0 Å². The first-order chi connectivity index (χ1) is 15.1. The van der Waals surface area contributed by atoms with Gasteiger partial charge >= 0.3 is 5.97 Å². The van der Waals surface area contributed by atoms with Gasteiger partial charge in [0.15, 0.2) is 5.84 Å². The molecule has 2 aromatic carbocycles. The van der Waals surface area contributed by atoms with Gasteiger partial charge in [-0.1, -0.05) is 46.4 Å². The predicted octanol–water partition coefficient (Wildman–Crippen LogP) is 4.31. The Morgan fingerprint density at radius 2 is 1.72 bits per heavy atom. The maximum atomic E-state index is 13.0. The molecule has 0 bridgehead atoms. The molecule has 0 saturated carbocycles. The van der Waals surface area contributed by atoms with E-state index in [0.29, 0.717) is 29.4 Å². The topological polar surface area (TPSA) is 111 Å². The van der Waals surface area contributed by atoms with E-state index in [9.17, 15) is 13.2 Å². The number of hydrogen-bond donors (Lipinski definition) is 1. The maximum Gasteiger partial charge on any atom is 0.367 e. The van der Waals surface area contributed by atoms with E-state index >= 15 is 0 Å². The number of carbonyl (C=O) groups excluding carboxylic acids is 1. The minimum Gasteiger partial charge on any atom is -0.496 e. The van der Waals surface area contributed by atoms with Crippen LogP contribution in [0.5, 0.6) is 5.75 Å². The highest BCUT2D eigenvalue weighted by atomic mass is 35.5. The van der Waals surface area contributed by atoms with E-state index in [2.05, 4.69) is 5.16 Å². The normalized spacial score (nSPS) is 15.4. The zero-order chi connectivity index (χ0) is 23.5. The molecule has 2 aromatic rings. The van der Waals surface area contributed by atoms with Crippen LogP contribution in [-0.2, 0) is 14.9 Å². The van der Waals surface area contributed by atoms with E-state index in [1.807, 2.05) is 0 Å². The van der Waals surface area contributed by atoms with Gasteiger partial charge in [-0.2, -0.15) is 4.31 Å². The van der Waals surface area contributed by atoms with Gasteiger partial charge in [-0.25, -0.2) is 13.2 Å². The van der Waals surface area contributed by atoms with Gasteiger partial charge in [-0.05, 0) is 43.2 Å². The van der Waals surface area contributed by atoms with Crippen molar-refractivity contribution in [3.8, 4) is 5.75 Å². The van der Waals surface area contributed by atoms with Crippen molar-refractivity contribution in [1.82, 2.24) is 4.31 Å². The second kappa shape index (κ2) is 10.3. The molecule has 0 atom stereocenters. The summed E-state index contributed by atoms with van der Waals surface area (Å²) in [6.45, 7) is 0.757. The fourth-order valence-corrected chi connectivity index (χ4v) is 5.71.